The quantitative estimate of drug-likeness (QED) is 0.583. The van der Waals surface area contributed by atoms with Crippen molar-refractivity contribution in [1.82, 2.24) is 0 Å². The number of hydrogen-bond donors (Lipinski definition) is 0. The number of rotatable bonds is 2. The average molecular weight is 306 g/mol. The van der Waals surface area contributed by atoms with Crippen molar-refractivity contribution < 1.29 is 0 Å². The zero-order valence-electron chi connectivity index (χ0n) is 11.3. The number of thioether (sulfide) groups is 1. The zero-order chi connectivity index (χ0) is 13.9. The fraction of sp³-hybridized carbons (Fsp3) is 0.400. The van der Waals surface area contributed by atoms with Gasteiger partial charge < -0.3 is 0 Å². The Labute approximate surface area is 128 Å². The van der Waals surface area contributed by atoms with Gasteiger partial charge in [-0.15, -0.1) is 5.10 Å². The molecule has 1 fully saturated rings. The van der Waals surface area contributed by atoms with Crippen LogP contribution in [0.4, 0.5) is 0 Å². The van der Waals surface area contributed by atoms with E-state index in [4.69, 9.17) is 11.6 Å². The summed E-state index contributed by atoms with van der Waals surface area (Å²) in [4.78, 5) is 4.59. The standard InChI is InChI=1S/C15H16ClN3S/c1-10(11-6-8-12(16)9-7-11)18-19-15-17-13-4-2-3-5-14(13)20-15/h6-9,14H,2-5H2,1H3/b18-10+,19-15-. The molecule has 3 nitrogen and oxygen atoms in total. The Hall–Kier alpha value is -1.13. The van der Waals surface area contributed by atoms with Gasteiger partial charge in [-0.2, -0.15) is 5.10 Å². The maximum absolute atomic E-state index is 5.88. The van der Waals surface area contributed by atoms with Crippen molar-refractivity contribution in [3.8, 4) is 0 Å². The first-order chi connectivity index (χ1) is 9.72. The van der Waals surface area contributed by atoms with E-state index in [9.17, 15) is 0 Å². The minimum Gasteiger partial charge on any atom is -0.229 e. The van der Waals surface area contributed by atoms with E-state index in [1.54, 1.807) is 11.8 Å². The second-order valence-electron chi connectivity index (χ2n) is 5.03. The molecule has 0 N–H and O–H groups in total. The third-order valence-corrected chi connectivity index (χ3v) is 4.98. The summed E-state index contributed by atoms with van der Waals surface area (Å²) in [6.45, 7) is 1.95. The number of benzene rings is 1. The Bertz CT molecular complexity index is 590. The summed E-state index contributed by atoms with van der Waals surface area (Å²) in [6.07, 6.45) is 4.91. The van der Waals surface area contributed by atoms with E-state index in [0.29, 0.717) is 5.25 Å². The summed E-state index contributed by atoms with van der Waals surface area (Å²) in [7, 11) is 0. The summed E-state index contributed by atoms with van der Waals surface area (Å²) in [5.41, 5.74) is 3.22. The number of fused-ring (bicyclic) bond motifs is 1. The van der Waals surface area contributed by atoms with Crippen LogP contribution >= 0.6 is 23.4 Å². The lowest BCUT2D eigenvalue weighted by Crippen LogP contribution is -2.17. The van der Waals surface area contributed by atoms with Gasteiger partial charge in [0.05, 0.1) is 11.0 Å². The van der Waals surface area contributed by atoms with Gasteiger partial charge in [0.1, 0.15) is 0 Å². The second-order valence-corrected chi connectivity index (χ2v) is 6.64. The van der Waals surface area contributed by atoms with Crippen molar-refractivity contribution in [1.29, 1.82) is 0 Å². The van der Waals surface area contributed by atoms with E-state index in [0.717, 1.165) is 27.9 Å². The minimum atomic E-state index is 0.550. The molecule has 0 bridgehead atoms. The lowest BCUT2D eigenvalue weighted by Gasteiger charge is -2.16. The molecule has 0 amide bonds. The van der Waals surface area contributed by atoms with Crippen LogP contribution in [0.1, 0.15) is 38.2 Å². The number of nitrogens with zero attached hydrogens (tertiary/aromatic N) is 3. The largest absolute Gasteiger partial charge is 0.229 e. The zero-order valence-corrected chi connectivity index (χ0v) is 12.9. The van der Waals surface area contributed by atoms with Crippen LogP contribution < -0.4 is 0 Å². The third kappa shape index (κ3) is 3.13. The monoisotopic (exact) mass is 305 g/mol. The van der Waals surface area contributed by atoms with E-state index >= 15 is 0 Å². The fourth-order valence-electron chi connectivity index (χ4n) is 2.41. The van der Waals surface area contributed by atoms with Gasteiger partial charge in [0.25, 0.3) is 0 Å². The van der Waals surface area contributed by atoms with Gasteiger partial charge in [0.15, 0.2) is 0 Å². The molecule has 20 heavy (non-hydrogen) atoms. The Balaban J connectivity index is 1.74. The molecule has 1 saturated carbocycles. The van der Waals surface area contributed by atoms with Crippen molar-refractivity contribution in [2.75, 3.05) is 0 Å². The van der Waals surface area contributed by atoms with Crippen molar-refractivity contribution in [2.24, 2.45) is 15.2 Å². The Morgan fingerprint density at radius 3 is 2.85 bits per heavy atom. The predicted molar refractivity (Wildman–Crippen MR) is 88.4 cm³/mol. The molecule has 1 aromatic carbocycles. The van der Waals surface area contributed by atoms with Gasteiger partial charge in [-0.3, -0.25) is 0 Å². The normalized spacial score (nSPS) is 24.7. The molecule has 1 atom stereocenters. The van der Waals surface area contributed by atoms with Gasteiger partial charge in [0.2, 0.25) is 5.17 Å². The average Bonchev–Trinajstić information content (AvgIpc) is 2.88. The Morgan fingerprint density at radius 2 is 2.10 bits per heavy atom. The second kappa shape index (κ2) is 6.10. The van der Waals surface area contributed by atoms with Crippen molar-refractivity contribution in [3.05, 3.63) is 34.9 Å². The molecular formula is C15H16ClN3S. The van der Waals surface area contributed by atoms with Crippen LogP contribution in [-0.4, -0.2) is 21.8 Å². The van der Waals surface area contributed by atoms with E-state index in [1.807, 2.05) is 31.2 Å². The summed E-state index contributed by atoms with van der Waals surface area (Å²) in [5.74, 6) is 0. The molecule has 0 aromatic heterocycles. The van der Waals surface area contributed by atoms with Crippen LogP contribution in [0.15, 0.2) is 39.5 Å². The highest BCUT2D eigenvalue weighted by Crippen LogP contribution is 2.33. The maximum atomic E-state index is 5.88. The molecule has 1 aromatic rings. The molecule has 1 heterocycles. The van der Waals surface area contributed by atoms with Crippen LogP contribution in [-0.2, 0) is 0 Å². The number of halogens is 1. The van der Waals surface area contributed by atoms with Crippen LogP contribution in [0.5, 0.6) is 0 Å². The van der Waals surface area contributed by atoms with Gasteiger partial charge >= 0.3 is 0 Å². The minimum absolute atomic E-state index is 0.550. The van der Waals surface area contributed by atoms with E-state index < -0.39 is 0 Å². The molecule has 2 aliphatic rings. The first kappa shape index (κ1) is 13.8. The van der Waals surface area contributed by atoms with Gasteiger partial charge in [-0.05, 0) is 43.9 Å². The first-order valence-electron chi connectivity index (χ1n) is 6.85. The van der Waals surface area contributed by atoms with Gasteiger partial charge in [-0.25, -0.2) is 4.99 Å². The smallest absolute Gasteiger partial charge is 0.209 e. The highest BCUT2D eigenvalue weighted by atomic mass is 35.5. The third-order valence-electron chi connectivity index (χ3n) is 3.56. The number of hydrogen-bond acceptors (Lipinski definition) is 3. The van der Waals surface area contributed by atoms with Crippen LogP contribution in [0.25, 0.3) is 0 Å². The molecule has 3 rings (SSSR count). The summed E-state index contributed by atoms with van der Waals surface area (Å²) in [5, 5.41) is 10.7. The van der Waals surface area contributed by atoms with Crippen LogP contribution in [0, 0.1) is 0 Å². The summed E-state index contributed by atoms with van der Waals surface area (Å²) < 4.78 is 0. The van der Waals surface area contributed by atoms with Crippen molar-refractivity contribution in [3.63, 3.8) is 0 Å². The van der Waals surface area contributed by atoms with Crippen LogP contribution in [0.3, 0.4) is 0 Å². The predicted octanol–water partition coefficient (Wildman–Crippen LogP) is 4.55. The Kier molecular flexibility index (Phi) is 4.22. The molecule has 0 radical (unpaired) electrons. The SMILES string of the molecule is C/C(=N\N=C1\N=C2CCCCC2S1)c1ccc(Cl)cc1. The van der Waals surface area contributed by atoms with Crippen molar-refractivity contribution >= 4 is 40.0 Å². The summed E-state index contributed by atoms with van der Waals surface area (Å²) in [6, 6.07) is 7.63. The lowest BCUT2D eigenvalue weighted by atomic mass is 9.98. The molecule has 1 aliphatic heterocycles. The molecule has 0 spiro atoms. The molecular weight excluding hydrogens is 290 g/mol. The fourth-order valence-corrected chi connectivity index (χ4v) is 3.64. The van der Waals surface area contributed by atoms with Gasteiger partial charge in [0, 0.05) is 10.7 Å². The lowest BCUT2D eigenvalue weighted by molar-refractivity contribution is 0.679. The van der Waals surface area contributed by atoms with E-state index in [-0.39, 0.29) is 0 Å². The first-order valence-corrected chi connectivity index (χ1v) is 8.10. The van der Waals surface area contributed by atoms with Gasteiger partial charge in [-0.1, -0.05) is 41.9 Å². The molecule has 1 aliphatic carbocycles. The topological polar surface area (TPSA) is 37.1 Å². The number of aliphatic imine (C=N–C) groups is 1. The van der Waals surface area contributed by atoms with E-state index in [2.05, 4.69) is 15.2 Å². The molecule has 104 valence electrons. The Morgan fingerprint density at radius 1 is 1.30 bits per heavy atom. The number of amidine groups is 1. The van der Waals surface area contributed by atoms with Crippen molar-refractivity contribution in [2.45, 2.75) is 37.9 Å². The molecule has 0 saturated heterocycles. The van der Waals surface area contributed by atoms with Crippen LogP contribution in [0.2, 0.25) is 5.02 Å². The van der Waals surface area contributed by atoms with E-state index in [1.165, 1.54) is 25.0 Å². The highest BCUT2D eigenvalue weighted by molar-refractivity contribution is 8.15. The summed E-state index contributed by atoms with van der Waals surface area (Å²) >= 11 is 7.63. The molecule has 1 unspecified atom stereocenters. The highest BCUT2D eigenvalue weighted by Gasteiger charge is 2.28. The maximum Gasteiger partial charge on any atom is 0.209 e. The molecule has 5 heteroatoms.